The Hall–Kier alpha value is -1.31. The maximum absolute atomic E-state index is 9.59. The topological polar surface area (TPSA) is 26.3 Å². The molecule has 0 heterocycles. The smallest absolute Gasteiger partial charge is 0.302 e. The van der Waals surface area contributed by atoms with E-state index in [2.05, 4.69) is 23.8 Å². The van der Waals surface area contributed by atoms with Crippen LogP contribution in [-0.4, -0.2) is 13.1 Å². The molecule has 0 unspecified atom stereocenters. The molecule has 0 aliphatic heterocycles. The van der Waals surface area contributed by atoms with Gasteiger partial charge in [0.25, 0.3) is 0 Å². The summed E-state index contributed by atoms with van der Waals surface area (Å²) in [5.41, 5.74) is 1.32. The van der Waals surface area contributed by atoms with Gasteiger partial charge in [-0.05, 0) is 6.92 Å². The summed E-state index contributed by atoms with van der Waals surface area (Å²) >= 11 is 0. The van der Waals surface area contributed by atoms with Crippen LogP contribution in [0.25, 0.3) is 0 Å². The van der Waals surface area contributed by atoms with E-state index in [1.165, 1.54) is 19.6 Å². The molecule has 0 N–H and O–H groups in total. The molecule has 2 heteroatoms. The fourth-order valence-electron chi connectivity index (χ4n) is 0.534. The van der Waals surface area contributed by atoms with Crippen LogP contribution in [0.4, 0.5) is 0 Å². The van der Waals surface area contributed by atoms with Crippen molar-refractivity contribution in [3.05, 3.63) is 35.9 Å². The Bertz CT molecular complexity index is 217. The van der Waals surface area contributed by atoms with Crippen molar-refractivity contribution in [2.24, 2.45) is 0 Å². The maximum atomic E-state index is 9.59. The van der Waals surface area contributed by atoms with Crippen molar-refractivity contribution in [2.75, 3.05) is 7.11 Å². The number of esters is 1. The molecule has 0 fully saturated rings. The second kappa shape index (κ2) is 6.40. The molecule has 0 aliphatic carbocycles. The van der Waals surface area contributed by atoms with Crippen LogP contribution in [0.1, 0.15) is 12.5 Å². The zero-order valence-electron chi connectivity index (χ0n) is 7.70. The quantitative estimate of drug-likeness (QED) is 0.552. The number of hydrogen-bond donors (Lipinski definition) is 0. The van der Waals surface area contributed by atoms with Crippen molar-refractivity contribution in [3.63, 3.8) is 0 Å². The van der Waals surface area contributed by atoms with Gasteiger partial charge >= 0.3 is 5.97 Å². The monoisotopic (exact) mass is 166 g/mol. The number of hydrogen-bond acceptors (Lipinski definition) is 2. The van der Waals surface area contributed by atoms with Gasteiger partial charge in [0.2, 0.25) is 0 Å². The van der Waals surface area contributed by atoms with Crippen LogP contribution in [0.2, 0.25) is 0 Å². The molecule has 0 spiro atoms. The molecule has 0 saturated heterocycles. The zero-order valence-corrected chi connectivity index (χ0v) is 7.70. The maximum Gasteiger partial charge on any atom is 0.302 e. The summed E-state index contributed by atoms with van der Waals surface area (Å²) in [6.07, 6.45) is 0. The van der Waals surface area contributed by atoms with Gasteiger partial charge in [0.1, 0.15) is 0 Å². The van der Waals surface area contributed by atoms with Crippen LogP contribution in [0.3, 0.4) is 0 Å². The first-order chi connectivity index (χ1) is 5.66. The first-order valence-corrected chi connectivity index (χ1v) is 3.73. The SMILES string of the molecule is COC(C)=O.Cc1ccccc1. The van der Waals surface area contributed by atoms with Crippen molar-refractivity contribution >= 4 is 5.97 Å². The Labute approximate surface area is 73.2 Å². The van der Waals surface area contributed by atoms with Crippen LogP contribution >= 0.6 is 0 Å². The third-order valence-corrected chi connectivity index (χ3v) is 1.23. The predicted octanol–water partition coefficient (Wildman–Crippen LogP) is 2.17. The van der Waals surface area contributed by atoms with Gasteiger partial charge in [-0.25, -0.2) is 0 Å². The van der Waals surface area contributed by atoms with E-state index in [9.17, 15) is 4.79 Å². The summed E-state index contributed by atoms with van der Waals surface area (Å²) in [6.45, 7) is 3.44. The lowest BCUT2D eigenvalue weighted by atomic mass is 10.2. The number of carbonyl (C=O) groups is 1. The van der Waals surface area contributed by atoms with E-state index in [1.54, 1.807) is 0 Å². The predicted molar refractivity (Wildman–Crippen MR) is 48.9 cm³/mol. The minimum atomic E-state index is -0.245. The molecule has 0 saturated carbocycles. The minimum absolute atomic E-state index is 0.245. The fraction of sp³-hybridized carbons (Fsp3) is 0.300. The molecule has 0 bridgehead atoms. The van der Waals surface area contributed by atoms with Gasteiger partial charge in [0.05, 0.1) is 7.11 Å². The first-order valence-electron chi connectivity index (χ1n) is 3.73. The normalized spacial score (nSPS) is 7.92. The van der Waals surface area contributed by atoms with Gasteiger partial charge < -0.3 is 4.74 Å². The molecule has 0 amide bonds. The van der Waals surface area contributed by atoms with E-state index in [0.29, 0.717) is 0 Å². The largest absolute Gasteiger partial charge is 0.469 e. The molecule has 1 aromatic rings. The van der Waals surface area contributed by atoms with E-state index < -0.39 is 0 Å². The van der Waals surface area contributed by atoms with Gasteiger partial charge in [-0.15, -0.1) is 0 Å². The van der Waals surface area contributed by atoms with E-state index in [0.717, 1.165) is 0 Å². The van der Waals surface area contributed by atoms with Gasteiger partial charge in [-0.1, -0.05) is 35.9 Å². The lowest BCUT2D eigenvalue weighted by molar-refractivity contribution is -0.137. The average Bonchev–Trinajstić information content (AvgIpc) is 2.07. The summed E-state index contributed by atoms with van der Waals surface area (Å²) in [5.74, 6) is -0.245. The number of methoxy groups -OCH3 is 1. The van der Waals surface area contributed by atoms with Crippen LogP contribution in [0, 0.1) is 6.92 Å². The standard InChI is InChI=1S/C7H8.C3H6O2/c1-7-5-3-2-4-6-7;1-3(4)5-2/h2-6H,1H3;1-2H3. The van der Waals surface area contributed by atoms with Crippen molar-refractivity contribution in [1.82, 2.24) is 0 Å². The van der Waals surface area contributed by atoms with Gasteiger partial charge in [0.15, 0.2) is 0 Å². The van der Waals surface area contributed by atoms with Crippen molar-refractivity contribution < 1.29 is 9.53 Å². The molecular weight excluding hydrogens is 152 g/mol. The molecule has 0 aromatic heterocycles. The Morgan fingerprint density at radius 3 is 1.83 bits per heavy atom. The van der Waals surface area contributed by atoms with Crippen LogP contribution < -0.4 is 0 Å². The molecule has 0 aliphatic rings. The van der Waals surface area contributed by atoms with E-state index >= 15 is 0 Å². The van der Waals surface area contributed by atoms with E-state index in [-0.39, 0.29) is 5.97 Å². The highest BCUT2D eigenvalue weighted by Crippen LogP contribution is 1.92. The summed E-state index contributed by atoms with van der Waals surface area (Å²) in [4.78, 5) is 9.59. The summed E-state index contributed by atoms with van der Waals surface area (Å²) in [5, 5.41) is 0. The third kappa shape index (κ3) is 6.81. The number of rotatable bonds is 0. The van der Waals surface area contributed by atoms with Crippen LogP contribution in [0.15, 0.2) is 30.3 Å². The first kappa shape index (κ1) is 10.7. The van der Waals surface area contributed by atoms with Crippen molar-refractivity contribution in [3.8, 4) is 0 Å². The Morgan fingerprint density at radius 1 is 1.25 bits per heavy atom. The lowest BCUT2D eigenvalue weighted by Crippen LogP contribution is -1.88. The molecule has 0 radical (unpaired) electrons. The summed E-state index contributed by atoms with van der Waals surface area (Å²) in [7, 11) is 1.35. The number of ether oxygens (including phenoxy) is 1. The highest BCUT2D eigenvalue weighted by Gasteiger charge is 1.75. The van der Waals surface area contributed by atoms with E-state index in [1.807, 2.05) is 18.2 Å². The van der Waals surface area contributed by atoms with Crippen LogP contribution in [-0.2, 0) is 9.53 Å². The Kier molecular flexibility index (Phi) is 5.70. The van der Waals surface area contributed by atoms with Gasteiger partial charge in [0, 0.05) is 6.92 Å². The zero-order chi connectivity index (χ0) is 9.40. The average molecular weight is 166 g/mol. The summed E-state index contributed by atoms with van der Waals surface area (Å²) in [6, 6.07) is 10.3. The molecule has 12 heavy (non-hydrogen) atoms. The van der Waals surface area contributed by atoms with Crippen molar-refractivity contribution in [1.29, 1.82) is 0 Å². The van der Waals surface area contributed by atoms with Crippen LogP contribution in [0.5, 0.6) is 0 Å². The number of aryl methyl sites for hydroxylation is 1. The number of benzene rings is 1. The third-order valence-electron chi connectivity index (χ3n) is 1.23. The lowest BCUT2D eigenvalue weighted by Gasteiger charge is -1.82. The summed E-state index contributed by atoms with van der Waals surface area (Å²) < 4.78 is 4.11. The number of carbonyl (C=O) groups excluding carboxylic acids is 1. The van der Waals surface area contributed by atoms with Crippen molar-refractivity contribution in [2.45, 2.75) is 13.8 Å². The second-order valence-corrected chi connectivity index (χ2v) is 2.35. The molecule has 1 rings (SSSR count). The highest BCUT2D eigenvalue weighted by atomic mass is 16.5. The Balaban J connectivity index is 0.000000217. The minimum Gasteiger partial charge on any atom is -0.469 e. The fourth-order valence-corrected chi connectivity index (χ4v) is 0.534. The van der Waals surface area contributed by atoms with E-state index in [4.69, 9.17) is 0 Å². The highest BCUT2D eigenvalue weighted by molar-refractivity contribution is 5.65. The molecule has 2 nitrogen and oxygen atoms in total. The van der Waals surface area contributed by atoms with Gasteiger partial charge in [-0.2, -0.15) is 0 Å². The second-order valence-electron chi connectivity index (χ2n) is 2.35. The molecule has 0 atom stereocenters. The Morgan fingerprint density at radius 2 is 1.67 bits per heavy atom. The van der Waals surface area contributed by atoms with Gasteiger partial charge in [-0.3, -0.25) is 4.79 Å². The molecular formula is C10H14O2. The molecule has 1 aromatic carbocycles. The molecule has 66 valence electrons.